The third-order valence-corrected chi connectivity index (χ3v) is 3.44. The van der Waals surface area contributed by atoms with E-state index in [1.807, 2.05) is 6.92 Å². The van der Waals surface area contributed by atoms with Gasteiger partial charge in [0.1, 0.15) is 5.82 Å². The number of benzene rings is 1. The number of hydrogen-bond acceptors (Lipinski definition) is 3. The zero-order valence-electron chi connectivity index (χ0n) is 10.5. The van der Waals surface area contributed by atoms with Crippen LogP contribution in [0.4, 0.5) is 10.1 Å². The molecule has 1 amide bonds. The lowest BCUT2D eigenvalue weighted by Crippen LogP contribution is -2.41. The smallest absolute Gasteiger partial charge is 0.256 e. The lowest BCUT2D eigenvalue weighted by Gasteiger charge is -2.27. The van der Waals surface area contributed by atoms with Gasteiger partial charge in [0.25, 0.3) is 5.91 Å². The number of anilines is 1. The highest BCUT2D eigenvalue weighted by Gasteiger charge is 2.31. The van der Waals surface area contributed by atoms with Crippen molar-refractivity contribution in [2.75, 3.05) is 19.4 Å². The molecule has 1 fully saturated rings. The Morgan fingerprint density at radius 3 is 2.89 bits per heavy atom. The molecule has 1 aromatic carbocycles. The monoisotopic (exact) mass is 252 g/mol. The molecule has 1 aliphatic heterocycles. The number of nitrogens with two attached hydrogens (primary N) is 1. The molecule has 2 unspecified atom stereocenters. The van der Waals surface area contributed by atoms with Crippen LogP contribution in [0.1, 0.15) is 23.7 Å². The molecule has 0 saturated carbocycles. The van der Waals surface area contributed by atoms with Gasteiger partial charge in [-0.3, -0.25) is 4.79 Å². The highest BCUT2D eigenvalue weighted by molar-refractivity contribution is 5.99. The number of ether oxygens (including phenoxy) is 1. The number of rotatable bonds is 2. The predicted octanol–water partition coefficient (Wildman–Crippen LogP) is 1.66. The highest BCUT2D eigenvalue weighted by atomic mass is 19.1. The summed E-state index contributed by atoms with van der Waals surface area (Å²) >= 11 is 0. The number of carbonyl (C=O) groups is 1. The maximum absolute atomic E-state index is 13.3. The fourth-order valence-corrected chi connectivity index (χ4v) is 2.29. The normalized spacial score (nSPS) is 23.1. The van der Waals surface area contributed by atoms with Crippen LogP contribution in [0.15, 0.2) is 18.2 Å². The third-order valence-electron chi connectivity index (χ3n) is 3.44. The largest absolute Gasteiger partial charge is 0.396 e. The second-order valence-corrected chi connectivity index (χ2v) is 4.55. The van der Waals surface area contributed by atoms with Gasteiger partial charge in [0, 0.05) is 13.7 Å². The van der Waals surface area contributed by atoms with Crippen molar-refractivity contribution in [3.05, 3.63) is 29.6 Å². The average molecular weight is 252 g/mol. The molecule has 1 aromatic rings. The first-order valence-electron chi connectivity index (χ1n) is 5.95. The summed E-state index contributed by atoms with van der Waals surface area (Å²) in [6.07, 6.45) is 0.785. The van der Waals surface area contributed by atoms with Gasteiger partial charge in [-0.1, -0.05) is 6.07 Å². The number of para-hydroxylation sites is 1. The van der Waals surface area contributed by atoms with E-state index >= 15 is 0 Å². The highest BCUT2D eigenvalue weighted by Crippen LogP contribution is 2.23. The molecule has 5 heteroatoms. The Balaban J connectivity index is 2.23. The Morgan fingerprint density at radius 1 is 1.56 bits per heavy atom. The molecule has 1 heterocycles. The number of hydrogen-bond donors (Lipinski definition) is 1. The zero-order chi connectivity index (χ0) is 13.3. The molecule has 0 bridgehead atoms. The van der Waals surface area contributed by atoms with Crippen LogP contribution < -0.4 is 5.73 Å². The summed E-state index contributed by atoms with van der Waals surface area (Å²) in [6.45, 7) is 2.57. The Morgan fingerprint density at radius 2 is 2.28 bits per heavy atom. The molecule has 0 spiro atoms. The quantitative estimate of drug-likeness (QED) is 0.814. The SMILES string of the molecule is CC1OCCC1N(C)C(=O)c1cccc(F)c1N. The second-order valence-electron chi connectivity index (χ2n) is 4.55. The van der Waals surface area contributed by atoms with Crippen LogP contribution in [-0.4, -0.2) is 36.6 Å². The fourth-order valence-electron chi connectivity index (χ4n) is 2.29. The molecule has 0 aliphatic carbocycles. The van der Waals surface area contributed by atoms with Crippen molar-refractivity contribution in [2.24, 2.45) is 0 Å². The van der Waals surface area contributed by atoms with E-state index in [1.165, 1.54) is 18.2 Å². The van der Waals surface area contributed by atoms with Gasteiger partial charge in [0.15, 0.2) is 0 Å². The molecular weight excluding hydrogens is 235 g/mol. The number of carbonyl (C=O) groups excluding carboxylic acids is 1. The summed E-state index contributed by atoms with van der Waals surface area (Å²) in [4.78, 5) is 13.9. The van der Waals surface area contributed by atoms with E-state index < -0.39 is 5.82 Å². The van der Waals surface area contributed by atoms with Gasteiger partial charge >= 0.3 is 0 Å². The molecule has 2 N–H and O–H groups in total. The average Bonchev–Trinajstić information content (AvgIpc) is 2.77. The van der Waals surface area contributed by atoms with E-state index in [-0.39, 0.29) is 29.3 Å². The Kier molecular flexibility index (Phi) is 3.52. The summed E-state index contributed by atoms with van der Waals surface area (Å²) in [7, 11) is 1.70. The van der Waals surface area contributed by atoms with Gasteiger partial charge in [-0.05, 0) is 25.5 Å². The van der Waals surface area contributed by atoms with Crippen LogP contribution in [0.25, 0.3) is 0 Å². The number of amides is 1. The van der Waals surface area contributed by atoms with Gasteiger partial charge < -0.3 is 15.4 Å². The van der Waals surface area contributed by atoms with E-state index in [0.29, 0.717) is 6.61 Å². The molecule has 1 saturated heterocycles. The molecule has 98 valence electrons. The van der Waals surface area contributed by atoms with Crippen LogP contribution in [0, 0.1) is 5.82 Å². The van der Waals surface area contributed by atoms with E-state index in [0.717, 1.165) is 6.42 Å². The van der Waals surface area contributed by atoms with Gasteiger partial charge in [-0.25, -0.2) is 4.39 Å². The summed E-state index contributed by atoms with van der Waals surface area (Å²) in [5.74, 6) is -0.834. The fraction of sp³-hybridized carbons (Fsp3) is 0.462. The van der Waals surface area contributed by atoms with Crippen molar-refractivity contribution in [2.45, 2.75) is 25.5 Å². The number of likely N-dealkylation sites (N-methyl/N-ethyl adjacent to an activating group) is 1. The lowest BCUT2D eigenvalue weighted by atomic mass is 10.1. The molecule has 0 aromatic heterocycles. The number of nitrogens with zero attached hydrogens (tertiary/aromatic N) is 1. The van der Waals surface area contributed by atoms with E-state index in [2.05, 4.69) is 0 Å². The molecule has 2 atom stereocenters. The molecule has 0 radical (unpaired) electrons. The standard InChI is InChI=1S/C13H17FN2O2/c1-8-11(6-7-18-8)16(2)13(17)9-4-3-5-10(14)12(9)15/h3-5,8,11H,6-7,15H2,1-2H3. The lowest BCUT2D eigenvalue weighted by molar-refractivity contribution is 0.0575. The molecular formula is C13H17FN2O2. The van der Waals surface area contributed by atoms with Crippen LogP contribution >= 0.6 is 0 Å². The van der Waals surface area contributed by atoms with E-state index in [1.54, 1.807) is 11.9 Å². The van der Waals surface area contributed by atoms with Crippen LogP contribution in [0.3, 0.4) is 0 Å². The number of halogens is 1. The van der Waals surface area contributed by atoms with Gasteiger partial charge in [-0.2, -0.15) is 0 Å². The molecule has 18 heavy (non-hydrogen) atoms. The Labute approximate surface area is 106 Å². The molecule has 4 nitrogen and oxygen atoms in total. The van der Waals surface area contributed by atoms with Crippen molar-refractivity contribution in [1.82, 2.24) is 4.90 Å². The van der Waals surface area contributed by atoms with Crippen molar-refractivity contribution in [3.8, 4) is 0 Å². The summed E-state index contributed by atoms with van der Waals surface area (Å²) < 4.78 is 18.8. The minimum absolute atomic E-state index is 0.00580. The van der Waals surface area contributed by atoms with Crippen molar-refractivity contribution >= 4 is 11.6 Å². The summed E-state index contributed by atoms with van der Waals surface area (Å²) in [5.41, 5.74) is 5.71. The summed E-state index contributed by atoms with van der Waals surface area (Å²) in [5, 5.41) is 0. The Bertz CT molecular complexity index is 464. The molecule has 2 rings (SSSR count). The first kappa shape index (κ1) is 12.8. The maximum Gasteiger partial charge on any atom is 0.256 e. The van der Waals surface area contributed by atoms with Gasteiger partial charge in [0.2, 0.25) is 0 Å². The van der Waals surface area contributed by atoms with E-state index in [4.69, 9.17) is 10.5 Å². The summed E-state index contributed by atoms with van der Waals surface area (Å²) in [6, 6.07) is 4.28. The first-order chi connectivity index (χ1) is 8.52. The minimum Gasteiger partial charge on any atom is -0.396 e. The Hall–Kier alpha value is -1.62. The number of nitrogen functional groups attached to an aromatic ring is 1. The van der Waals surface area contributed by atoms with Gasteiger partial charge in [-0.15, -0.1) is 0 Å². The van der Waals surface area contributed by atoms with Gasteiger partial charge in [0.05, 0.1) is 23.4 Å². The molecule has 1 aliphatic rings. The minimum atomic E-state index is -0.565. The van der Waals surface area contributed by atoms with Crippen LogP contribution in [-0.2, 0) is 4.74 Å². The maximum atomic E-state index is 13.3. The van der Waals surface area contributed by atoms with E-state index in [9.17, 15) is 9.18 Å². The topological polar surface area (TPSA) is 55.6 Å². The van der Waals surface area contributed by atoms with Crippen LogP contribution in [0.5, 0.6) is 0 Å². The third kappa shape index (κ3) is 2.18. The van der Waals surface area contributed by atoms with Crippen LogP contribution in [0.2, 0.25) is 0 Å². The van der Waals surface area contributed by atoms with Crippen molar-refractivity contribution < 1.29 is 13.9 Å². The first-order valence-corrected chi connectivity index (χ1v) is 5.95. The van der Waals surface area contributed by atoms with Crippen molar-refractivity contribution in [3.63, 3.8) is 0 Å². The predicted molar refractivity (Wildman–Crippen MR) is 66.7 cm³/mol. The van der Waals surface area contributed by atoms with Crippen molar-refractivity contribution in [1.29, 1.82) is 0 Å². The zero-order valence-corrected chi connectivity index (χ0v) is 10.5. The second kappa shape index (κ2) is 4.94.